The van der Waals surface area contributed by atoms with Crippen LogP contribution in [0.2, 0.25) is 0 Å². The first-order valence-electron chi connectivity index (χ1n) is 5.43. The van der Waals surface area contributed by atoms with Crippen molar-refractivity contribution in [3.63, 3.8) is 0 Å². The molecule has 1 rings (SSSR count). The summed E-state index contributed by atoms with van der Waals surface area (Å²) in [7, 11) is 0. The summed E-state index contributed by atoms with van der Waals surface area (Å²) < 4.78 is 5.06. The number of hydrogen-bond donors (Lipinski definition) is 2. The van der Waals surface area contributed by atoms with Crippen LogP contribution in [-0.2, 0) is 11.3 Å². The number of ether oxygens (including phenoxy) is 1. The molecule has 0 bridgehead atoms. The molecule has 0 fully saturated rings. The molecule has 0 atom stereocenters. The Morgan fingerprint density at radius 2 is 2.06 bits per heavy atom. The van der Waals surface area contributed by atoms with Gasteiger partial charge in [-0.3, -0.25) is 0 Å². The lowest BCUT2D eigenvalue weighted by Gasteiger charge is -2.19. The molecule has 0 radical (unpaired) electrons. The molecule has 1 aromatic heterocycles. The van der Waals surface area contributed by atoms with E-state index in [4.69, 9.17) is 9.84 Å². The lowest BCUT2D eigenvalue weighted by Crippen LogP contribution is -2.32. The Balaban J connectivity index is 2.49. The zero-order chi connectivity index (χ0) is 13.8. The van der Waals surface area contributed by atoms with E-state index in [9.17, 15) is 9.59 Å². The molecule has 6 nitrogen and oxygen atoms in total. The van der Waals surface area contributed by atoms with Gasteiger partial charge in [-0.2, -0.15) is 0 Å². The van der Waals surface area contributed by atoms with Gasteiger partial charge in [0.05, 0.1) is 0 Å². The average molecular weight is 252 g/mol. The summed E-state index contributed by atoms with van der Waals surface area (Å²) in [6, 6.07) is 2.97. The van der Waals surface area contributed by atoms with Crippen molar-refractivity contribution in [2.75, 3.05) is 0 Å². The number of hydrogen-bond acceptors (Lipinski definition) is 4. The zero-order valence-corrected chi connectivity index (χ0v) is 10.6. The fraction of sp³-hybridized carbons (Fsp3) is 0.417. The van der Waals surface area contributed by atoms with Crippen LogP contribution in [-0.4, -0.2) is 27.8 Å². The highest BCUT2D eigenvalue weighted by molar-refractivity contribution is 5.85. The van der Waals surface area contributed by atoms with Gasteiger partial charge in [-0.25, -0.2) is 14.6 Å². The van der Waals surface area contributed by atoms with E-state index >= 15 is 0 Å². The maximum Gasteiger partial charge on any atom is 0.407 e. The molecule has 98 valence electrons. The number of alkyl carbamates (subject to hydrolysis) is 1. The van der Waals surface area contributed by atoms with E-state index in [-0.39, 0.29) is 12.2 Å². The van der Waals surface area contributed by atoms with Crippen molar-refractivity contribution < 1.29 is 19.4 Å². The SMILES string of the molecule is CC(C)(C)OC(=O)NCc1ccc(C(=O)O)nc1. The van der Waals surface area contributed by atoms with Gasteiger partial charge in [0.15, 0.2) is 0 Å². The van der Waals surface area contributed by atoms with Crippen LogP contribution in [0.15, 0.2) is 18.3 Å². The third-order valence-electron chi connectivity index (χ3n) is 1.88. The Morgan fingerprint density at radius 3 is 2.50 bits per heavy atom. The van der Waals surface area contributed by atoms with Crippen LogP contribution in [0.1, 0.15) is 36.8 Å². The second-order valence-electron chi connectivity index (χ2n) is 4.71. The highest BCUT2D eigenvalue weighted by Crippen LogP contribution is 2.07. The average Bonchev–Trinajstić information content (AvgIpc) is 2.24. The molecule has 0 unspecified atom stereocenters. The predicted octanol–water partition coefficient (Wildman–Crippen LogP) is 1.80. The normalized spacial score (nSPS) is 10.8. The van der Waals surface area contributed by atoms with Gasteiger partial charge >= 0.3 is 12.1 Å². The van der Waals surface area contributed by atoms with Gasteiger partial charge in [0, 0.05) is 12.7 Å². The number of amides is 1. The molecule has 0 aliphatic carbocycles. The van der Waals surface area contributed by atoms with Crippen LogP contribution in [0.4, 0.5) is 4.79 Å². The second-order valence-corrected chi connectivity index (χ2v) is 4.71. The van der Waals surface area contributed by atoms with Crippen molar-refractivity contribution in [2.24, 2.45) is 0 Å². The summed E-state index contributed by atoms with van der Waals surface area (Å²) in [6.45, 7) is 5.56. The van der Waals surface area contributed by atoms with Gasteiger partial charge in [-0.1, -0.05) is 6.07 Å². The number of pyridine rings is 1. The Hall–Kier alpha value is -2.11. The van der Waals surface area contributed by atoms with Crippen molar-refractivity contribution >= 4 is 12.1 Å². The van der Waals surface area contributed by atoms with Gasteiger partial charge in [0.25, 0.3) is 0 Å². The fourth-order valence-electron chi connectivity index (χ4n) is 1.14. The predicted molar refractivity (Wildman–Crippen MR) is 64.3 cm³/mol. The standard InChI is InChI=1S/C12H16N2O4/c1-12(2,3)18-11(17)14-7-8-4-5-9(10(15)16)13-6-8/h4-6H,7H2,1-3H3,(H,14,17)(H,15,16). The van der Waals surface area contributed by atoms with Crippen LogP contribution in [0.5, 0.6) is 0 Å². The molecule has 0 spiro atoms. The van der Waals surface area contributed by atoms with Gasteiger partial charge in [0.2, 0.25) is 0 Å². The van der Waals surface area contributed by atoms with Crippen molar-refractivity contribution in [1.82, 2.24) is 10.3 Å². The summed E-state index contributed by atoms with van der Waals surface area (Å²) in [5, 5.41) is 11.2. The number of nitrogens with one attached hydrogen (secondary N) is 1. The molecule has 0 aliphatic rings. The van der Waals surface area contributed by atoms with Crippen molar-refractivity contribution in [1.29, 1.82) is 0 Å². The minimum atomic E-state index is -1.08. The smallest absolute Gasteiger partial charge is 0.407 e. The second kappa shape index (κ2) is 5.48. The summed E-state index contributed by atoms with van der Waals surface area (Å²) in [4.78, 5) is 25.7. The Kier molecular flexibility index (Phi) is 4.25. The third kappa shape index (κ3) is 4.82. The summed E-state index contributed by atoms with van der Waals surface area (Å²) >= 11 is 0. The molecular weight excluding hydrogens is 236 g/mol. The number of carboxylic acids is 1. The van der Waals surface area contributed by atoms with Crippen LogP contribution in [0.3, 0.4) is 0 Å². The summed E-state index contributed by atoms with van der Waals surface area (Å²) in [5.74, 6) is -1.08. The maximum absolute atomic E-state index is 11.4. The number of carboxylic acid groups (broad SMARTS) is 1. The van der Waals surface area contributed by atoms with E-state index in [1.54, 1.807) is 26.8 Å². The van der Waals surface area contributed by atoms with E-state index in [0.717, 1.165) is 0 Å². The molecule has 6 heteroatoms. The number of rotatable bonds is 3. The first-order valence-corrected chi connectivity index (χ1v) is 5.43. The highest BCUT2D eigenvalue weighted by atomic mass is 16.6. The van der Waals surface area contributed by atoms with Crippen LogP contribution in [0, 0.1) is 0 Å². The lowest BCUT2D eigenvalue weighted by atomic mass is 10.2. The van der Waals surface area contributed by atoms with Gasteiger partial charge in [-0.05, 0) is 32.4 Å². The molecule has 18 heavy (non-hydrogen) atoms. The zero-order valence-electron chi connectivity index (χ0n) is 10.6. The van der Waals surface area contributed by atoms with E-state index in [0.29, 0.717) is 5.56 Å². The van der Waals surface area contributed by atoms with Gasteiger partial charge in [0.1, 0.15) is 11.3 Å². The molecule has 1 aromatic rings. The first kappa shape index (κ1) is 14.0. The molecule has 0 aliphatic heterocycles. The molecule has 0 aromatic carbocycles. The molecule has 1 heterocycles. The minimum absolute atomic E-state index is 0.0315. The topological polar surface area (TPSA) is 88.5 Å². The summed E-state index contributed by atoms with van der Waals surface area (Å²) in [6.07, 6.45) is 0.880. The lowest BCUT2D eigenvalue weighted by molar-refractivity contribution is 0.0522. The number of aromatic carboxylic acids is 1. The van der Waals surface area contributed by atoms with Crippen molar-refractivity contribution in [3.8, 4) is 0 Å². The Bertz CT molecular complexity index is 434. The monoisotopic (exact) mass is 252 g/mol. The minimum Gasteiger partial charge on any atom is -0.477 e. The van der Waals surface area contributed by atoms with Crippen LogP contribution >= 0.6 is 0 Å². The molecule has 0 saturated carbocycles. The van der Waals surface area contributed by atoms with Crippen molar-refractivity contribution in [3.05, 3.63) is 29.6 Å². The van der Waals surface area contributed by atoms with E-state index in [1.807, 2.05) is 0 Å². The fourth-order valence-corrected chi connectivity index (χ4v) is 1.14. The van der Waals surface area contributed by atoms with E-state index < -0.39 is 17.7 Å². The van der Waals surface area contributed by atoms with E-state index in [1.165, 1.54) is 12.3 Å². The maximum atomic E-state index is 11.4. The molecular formula is C12H16N2O4. The van der Waals surface area contributed by atoms with Gasteiger partial charge < -0.3 is 15.2 Å². The molecule has 0 saturated heterocycles. The third-order valence-corrected chi connectivity index (χ3v) is 1.88. The summed E-state index contributed by atoms with van der Waals surface area (Å²) in [5.41, 5.74) is 0.122. The Morgan fingerprint density at radius 1 is 1.39 bits per heavy atom. The number of aromatic nitrogens is 1. The van der Waals surface area contributed by atoms with E-state index in [2.05, 4.69) is 10.3 Å². The quantitative estimate of drug-likeness (QED) is 0.856. The number of nitrogens with zero attached hydrogens (tertiary/aromatic N) is 1. The highest BCUT2D eigenvalue weighted by Gasteiger charge is 2.15. The van der Waals surface area contributed by atoms with Gasteiger partial charge in [-0.15, -0.1) is 0 Å². The number of carbonyl (C=O) groups is 2. The largest absolute Gasteiger partial charge is 0.477 e. The van der Waals surface area contributed by atoms with Crippen molar-refractivity contribution in [2.45, 2.75) is 32.9 Å². The molecule has 2 N–H and O–H groups in total. The molecule has 1 amide bonds. The first-order chi connectivity index (χ1) is 8.28. The number of carbonyl (C=O) groups excluding carboxylic acids is 1. The Labute approximate surface area is 105 Å². The van der Waals surface area contributed by atoms with Crippen LogP contribution in [0.25, 0.3) is 0 Å². The van der Waals surface area contributed by atoms with Crippen LogP contribution < -0.4 is 5.32 Å².